The number of aromatic nitrogens is 1. The van der Waals surface area contributed by atoms with Crippen LogP contribution in [0.25, 0.3) is 10.9 Å². The van der Waals surface area contributed by atoms with Crippen molar-refractivity contribution in [2.24, 2.45) is 0 Å². The predicted octanol–water partition coefficient (Wildman–Crippen LogP) is 5.79. The minimum Gasteiger partial charge on any atom is -0.325 e. The quantitative estimate of drug-likeness (QED) is 0.583. The molecule has 0 aliphatic rings. The van der Waals surface area contributed by atoms with E-state index in [4.69, 9.17) is 0 Å². The van der Waals surface area contributed by atoms with E-state index in [0.717, 1.165) is 27.2 Å². The first-order chi connectivity index (χ1) is 12.5. The number of nitrogens with zero attached hydrogens (tertiary/aromatic N) is 1. The van der Waals surface area contributed by atoms with Gasteiger partial charge in [0.15, 0.2) is 0 Å². The predicted molar refractivity (Wildman–Crippen MR) is 111 cm³/mol. The third-order valence-electron chi connectivity index (χ3n) is 4.41. The second kappa shape index (κ2) is 7.92. The molecular weight excluding hydrogens is 340 g/mol. The van der Waals surface area contributed by atoms with Crippen LogP contribution in [0.15, 0.2) is 59.6 Å². The molecule has 1 heterocycles. The second-order valence-corrected chi connectivity index (χ2v) is 8.15. The van der Waals surface area contributed by atoms with Gasteiger partial charge in [-0.2, -0.15) is 0 Å². The van der Waals surface area contributed by atoms with Crippen molar-refractivity contribution >= 4 is 34.3 Å². The van der Waals surface area contributed by atoms with Crippen LogP contribution >= 0.6 is 11.8 Å². The maximum Gasteiger partial charge on any atom is 0.237 e. The molecule has 1 aromatic heterocycles. The van der Waals surface area contributed by atoms with Crippen molar-refractivity contribution in [2.75, 3.05) is 5.32 Å². The number of benzene rings is 2. The van der Waals surface area contributed by atoms with Gasteiger partial charge in [-0.15, -0.1) is 0 Å². The third kappa shape index (κ3) is 4.07. The lowest BCUT2D eigenvalue weighted by Gasteiger charge is -2.18. The zero-order valence-electron chi connectivity index (χ0n) is 15.6. The summed E-state index contributed by atoms with van der Waals surface area (Å²) in [6, 6.07) is 18.2. The van der Waals surface area contributed by atoms with Crippen molar-refractivity contribution in [1.29, 1.82) is 0 Å². The molecule has 4 heteroatoms. The maximum atomic E-state index is 12.7. The smallest absolute Gasteiger partial charge is 0.237 e. The maximum absolute atomic E-state index is 12.7. The van der Waals surface area contributed by atoms with E-state index in [-0.39, 0.29) is 11.2 Å². The van der Waals surface area contributed by atoms with E-state index in [2.05, 4.69) is 30.2 Å². The molecule has 0 unspecified atom stereocenters. The van der Waals surface area contributed by atoms with Crippen molar-refractivity contribution in [3.05, 3.63) is 65.7 Å². The number of hydrogen-bond donors (Lipinski definition) is 1. The number of nitrogens with one attached hydrogen (secondary N) is 1. The zero-order valence-corrected chi connectivity index (χ0v) is 16.4. The Balaban J connectivity index is 1.76. The fourth-order valence-corrected chi connectivity index (χ4v) is 3.74. The third-order valence-corrected chi connectivity index (χ3v) is 5.45. The fraction of sp³-hybridized carbons (Fsp3) is 0.273. The van der Waals surface area contributed by atoms with Crippen LogP contribution in [0.5, 0.6) is 0 Å². The van der Waals surface area contributed by atoms with Gasteiger partial charge in [0, 0.05) is 11.1 Å². The average molecular weight is 365 g/mol. The lowest BCUT2D eigenvalue weighted by atomic mass is 9.98. The van der Waals surface area contributed by atoms with Gasteiger partial charge in [0.05, 0.1) is 15.8 Å². The largest absolute Gasteiger partial charge is 0.325 e. The minimum atomic E-state index is -0.233. The number of thioether (sulfide) groups is 1. The van der Waals surface area contributed by atoms with Gasteiger partial charge in [0.2, 0.25) is 5.91 Å². The van der Waals surface area contributed by atoms with Gasteiger partial charge < -0.3 is 5.32 Å². The Hall–Kier alpha value is -2.33. The van der Waals surface area contributed by atoms with Gasteiger partial charge in [-0.3, -0.25) is 4.79 Å². The van der Waals surface area contributed by atoms with Gasteiger partial charge in [-0.1, -0.05) is 68.1 Å². The van der Waals surface area contributed by atoms with E-state index >= 15 is 0 Å². The number of hydrogen-bond acceptors (Lipinski definition) is 3. The number of carbonyl (C=O) groups is 1. The monoisotopic (exact) mass is 364 g/mol. The summed E-state index contributed by atoms with van der Waals surface area (Å²) in [5.74, 6) is 0.358. The standard InChI is InChI=1S/C22H24N2OS/c1-14(2)18-10-7-8-15(3)21(18)24-22(25)16(4)26-20-13-12-17-9-5-6-11-19(17)23-20/h5-14,16H,1-4H3,(H,24,25)/t16-/m1/s1. The highest BCUT2D eigenvalue weighted by molar-refractivity contribution is 8.00. The van der Waals surface area contributed by atoms with Crippen LogP contribution in [-0.4, -0.2) is 16.1 Å². The molecule has 3 nitrogen and oxygen atoms in total. The molecule has 3 rings (SSSR count). The Morgan fingerprint density at radius 3 is 2.54 bits per heavy atom. The topological polar surface area (TPSA) is 42.0 Å². The Morgan fingerprint density at radius 1 is 1.00 bits per heavy atom. The van der Waals surface area contributed by atoms with E-state index in [1.54, 1.807) is 0 Å². The van der Waals surface area contributed by atoms with Crippen LogP contribution in [0.3, 0.4) is 0 Å². The van der Waals surface area contributed by atoms with Crippen molar-refractivity contribution in [1.82, 2.24) is 4.98 Å². The number of para-hydroxylation sites is 2. The van der Waals surface area contributed by atoms with Gasteiger partial charge >= 0.3 is 0 Å². The number of pyridine rings is 1. The molecule has 0 aliphatic heterocycles. The molecular formula is C22H24N2OS. The first kappa shape index (κ1) is 18.5. The molecule has 1 amide bonds. The number of carbonyl (C=O) groups excluding carboxylic acids is 1. The molecule has 0 fully saturated rings. The molecule has 0 saturated heterocycles. The van der Waals surface area contributed by atoms with Crippen LogP contribution in [0.2, 0.25) is 0 Å². The van der Waals surface area contributed by atoms with E-state index in [9.17, 15) is 4.79 Å². The van der Waals surface area contributed by atoms with E-state index < -0.39 is 0 Å². The van der Waals surface area contributed by atoms with Gasteiger partial charge in [-0.05, 0) is 43.0 Å². The first-order valence-electron chi connectivity index (χ1n) is 8.88. The van der Waals surface area contributed by atoms with Crippen LogP contribution in [0.4, 0.5) is 5.69 Å². The van der Waals surface area contributed by atoms with Crippen LogP contribution in [-0.2, 0) is 4.79 Å². The lowest BCUT2D eigenvalue weighted by Crippen LogP contribution is -2.24. The molecule has 0 spiro atoms. The fourth-order valence-electron chi connectivity index (χ4n) is 2.91. The van der Waals surface area contributed by atoms with Gasteiger partial charge in [0.25, 0.3) is 0 Å². The molecule has 2 aromatic carbocycles. The summed E-state index contributed by atoms with van der Waals surface area (Å²) in [6.45, 7) is 8.23. The van der Waals surface area contributed by atoms with Gasteiger partial charge in [0.1, 0.15) is 0 Å². The summed E-state index contributed by atoms with van der Waals surface area (Å²) in [4.78, 5) is 17.4. The van der Waals surface area contributed by atoms with E-state index in [0.29, 0.717) is 5.92 Å². The molecule has 3 aromatic rings. The Bertz CT molecular complexity index is 936. The summed E-state index contributed by atoms with van der Waals surface area (Å²) in [7, 11) is 0. The summed E-state index contributed by atoms with van der Waals surface area (Å²) in [6.07, 6.45) is 0. The SMILES string of the molecule is Cc1cccc(C(C)C)c1NC(=O)[C@@H](C)Sc1ccc2ccccc2n1. The first-order valence-corrected chi connectivity index (χ1v) is 9.76. The normalized spacial score (nSPS) is 12.3. The minimum absolute atomic E-state index is 0.00107. The number of amides is 1. The van der Waals surface area contributed by atoms with Crippen LogP contribution < -0.4 is 5.32 Å². The zero-order chi connectivity index (χ0) is 18.7. The highest BCUT2D eigenvalue weighted by Gasteiger charge is 2.18. The van der Waals surface area contributed by atoms with E-state index in [1.807, 2.05) is 62.4 Å². The second-order valence-electron chi connectivity index (χ2n) is 6.79. The molecule has 1 atom stereocenters. The summed E-state index contributed by atoms with van der Waals surface area (Å²) in [5.41, 5.74) is 4.14. The van der Waals surface area contributed by atoms with Crippen LogP contribution in [0.1, 0.15) is 37.8 Å². The highest BCUT2D eigenvalue weighted by Crippen LogP contribution is 2.29. The number of aryl methyl sites for hydroxylation is 1. The number of fused-ring (bicyclic) bond motifs is 1. The molecule has 0 bridgehead atoms. The Labute approximate surface area is 159 Å². The summed E-state index contributed by atoms with van der Waals surface area (Å²) < 4.78 is 0. The van der Waals surface area contributed by atoms with Crippen molar-refractivity contribution in [3.63, 3.8) is 0 Å². The summed E-state index contributed by atoms with van der Waals surface area (Å²) >= 11 is 1.48. The molecule has 0 aliphatic carbocycles. The number of rotatable bonds is 5. The Morgan fingerprint density at radius 2 is 1.77 bits per heavy atom. The van der Waals surface area contributed by atoms with Gasteiger partial charge in [-0.25, -0.2) is 4.98 Å². The van der Waals surface area contributed by atoms with Crippen molar-refractivity contribution in [2.45, 2.75) is 43.9 Å². The van der Waals surface area contributed by atoms with E-state index in [1.165, 1.54) is 17.3 Å². The number of anilines is 1. The molecule has 134 valence electrons. The van der Waals surface area contributed by atoms with Crippen LogP contribution in [0, 0.1) is 6.92 Å². The lowest BCUT2D eigenvalue weighted by molar-refractivity contribution is -0.115. The average Bonchev–Trinajstić information content (AvgIpc) is 2.63. The summed E-state index contributed by atoms with van der Waals surface area (Å²) in [5, 5.41) is 4.86. The molecule has 0 saturated carbocycles. The van der Waals surface area contributed by atoms with Crippen molar-refractivity contribution in [3.8, 4) is 0 Å². The molecule has 1 N–H and O–H groups in total. The van der Waals surface area contributed by atoms with Crippen molar-refractivity contribution < 1.29 is 4.79 Å². The molecule has 26 heavy (non-hydrogen) atoms. The Kier molecular flexibility index (Phi) is 5.62. The molecule has 0 radical (unpaired) electrons. The highest BCUT2D eigenvalue weighted by atomic mass is 32.2.